The number of aliphatic hydroxyl groups is 1. The first-order valence-electron chi connectivity index (χ1n) is 19.3. The average molecular weight is 936 g/mol. The van der Waals surface area contributed by atoms with Crippen LogP contribution in [0.1, 0.15) is 92.5 Å². The number of para-hydroxylation sites is 1. The number of aliphatic hydroxyl groups excluding tert-OH is 1. The van der Waals surface area contributed by atoms with Gasteiger partial charge >= 0.3 is 0 Å². The zero-order valence-electron chi connectivity index (χ0n) is 33.7. The molecule has 0 fully saturated rings. The fourth-order valence-corrected chi connectivity index (χ4v) is 10.6. The van der Waals surface area contributed by atoms with Crippen LogP contribution in [0, 0.1) is 17.9 Å². The third-order valence-electron chi connectivity index (χ3n) is 11.9. The van der Waals surface area contributed by atoms with Gasteiger partial charge in [0, 0.05) is 59.2 Å². The standard InChI is InChI=1S/C32H31N4SSi.C13H24O2.Ir/c1-31(2)22-14-10-11-15-23(22)36-29-27(35-30(36)32(31,3)4)26-28(37-29)25(33-18-34-26)20-16-19-12-8-9-13-21(19)24(17-20)38(5,6)7;1-5-10(6-2)12(14)9-13(15)11(7-3)8-4;/h8-15,17-18H,1-7H3;9-11,14H,5-8H2,1-4H3;/q-1;;/b;12-9-;. The molecule has 0 unspecified atom stereocenters. The number of allylic oxidation sites excluding steroid dienone is 2. The van der Waals surface area contributed by atoms with E-state index in [9.17, 15) is 9.90 Å². The van der Waals surface area contributed by atoms with E-state index >= 15 is 0 Å². The van der Waals surface area contributed by atoms with E-state index in [1.54, 1.807) is 17.7 Å². The summed E-state index contributed by atoms with van der Waals surface area (Å²) >= 11 is 1.75. The molecule has 3 aromatic carbocycles. The van der Waals surface area contributed by atoms with Gasteiger partial charge in [-0.15, -0.1) is 40.1 Å². The minimum atomic E-state index is -1.61. The minimum Gasteiger partial charge on any atom is -0.512 e. The monoisotopic (exact) mass is 936 g/mol. The number of aromatic nitrogens is 4. The van der Waals surface area contributed by atoms with Crippen LogP contribution in [0.15, 0.2) is 72.8 Å². The Kier molecular flexibility index (Phi) is 12.3. The number of imidazole rings is 1. The van der Waals surface area contributed by atoms with Crippen LogP contribution in [0.5, 0.6) is 0 Å². The van der Waals surface area contributed by atoms with Crippen molar-refractivity contribution in [1.29, 1.82) is 0 Å². The zero-order chi connectivity index (χ0) is 38.5. The van der Waals surface area contributed by atoms with E-state index in [-0.39, 0.29) is 54.3 Å². The summed E-state index contributed by atoms with van der Waals surface area (Å²) in [5.41, 5.74) is 6.24. The summed E-state index contributed by atoms with van der Waals surface area (Å²) in [6, 6.07) is 23.4. The Morgan fingerprint density at radius 1 is 0.889 bits per heavy atom. The summed E-state index contributed by atoms with van der Waals surface area (Å²) in [7, 11) is -1.61. The second-order valence-electron chi connectivity index (χ2n) is 16.6. The number of thiophene rings is 1. The Labute approximate surface area is 339 Å². The van der Waals surface area contributed by atoms with Gasteiger partial charge in [0.25, 0.3) is 0 Å². The van der Waals surface area contributed by atoms with Gasteiger partial charge < -0.3 is 5.11 Å². The number of hydrogen-bond donors (Lipinski definition) is 1. The number of carbonyl (C=O) groups excluding carboxylic acids is 1. The van der Waals surface area contributed by atoms with Gasteiger partial charge in [0.2, 0.25) is 0 Å². The van der Waals surface area contributed by atoms with E-state index < -0.39 is 8.07 Å². The summed E-state index contributed by atoms with van der Waals surface area (Å²) in [5, 5.41) is 13.6. The third-order valence-corrected chi connectivity index (χ3v) is 15.1. The van der Waals surface area contributed by atoms with Crippen LogP contribution in [-0.4, -0.2) is 38.5 Å². The molecule has 9 heteroatoms. The normalized spacial score (nSPS) is 14.9. The molecule has 3 aromatic heterocycles. The van der Waals surface area contributed by atoms with Crippen molar-refractivity contribution in [1.82, 2.24) is 19.5 Å². The van der Waals surface area contributed by atoms with Crippen molar-refractivity contribution in [2.75, 3.05) is 0 Å². The first-order chi connectivity index (χ1) is 25.1. The molecule has 6 aromatic rings. The molecule has 287 valence electrons. The second-order valence-corrected chi connectivity index (χ2v) is 22.6. The van der Waals surface area contributed by atoms with Gasteiger partial charge in [-0.1, -0.05) is 122 Å². The number of rotatable bonds is 9. The second kappa shape index (κ2) is 15.9. The maximum atomic E-state index is 11.7. The Hall–Kier alpha value is -3.49. The molecule has 0 saturated carbocycles. The molecule has 0 spiro atoms. The van der Waals surface area contributed by atoms with E-state index in [0.29, 0.717) is 0 Å². The van der Waals surface area contributed by atoms with Crippen molar-refractivity contribution in [2.45, 2.75) is 112 Å². The third kappa shape index (κ3) is 7.18. The number of nitrogens with zero attached hydrogens (tertiary/aromatic N) is 4. The topological polar surface area (TPSA) is 80.9 Å². The van der Waals surface area contributed by atoms with Crippen molar-refractivity contribution < 1.29 is 30.0 Å². The largest absolute Gasteiger partial charge is 0.512 e. The Morgan fingerprint density at radius 2 is 1.52 bits per heavy atom. The average Bonchev–Trinajstić information content (AvgIpc) is 3.69. The smallest absolute Gasteiger partial charge is 0.162 e. The van der Waals surface area contributed by atoms with Crippen LogP contribution in [0.3, 0.4) is 0 Å². The first-order valence-corrected chi connectivity index (χ1v) is 23.6. The molecular weight excluding hydrogens is 881 g/mol. The molecule has 54 heavy (non-hydrogen) atoms. The maximum absolute atomic E-state index is 11.7. The van der Waals surface area contributed by atoms with Crippen LogP contribution in [-0.2, 0) is 35.7 Å². The van der Waals surface area contributed by atoms with E-state index in [1.807, 2.05) is 27.7 Å². The predicted molar refractivity (Wildman–Crippen MR) is 227 cm³/mol. The molecule has 0 aliphatic carbocycles. The molecule has 0 atom stereocenters. The molecule has 4 heterocycles. The van der Waals surface area contributed by atoms with Crippen LogP contribution < -0.4 is 5.19 Å². The number of hydrogen-bond acceptors (Lipinski definition) is 6. The minimum absolute atomic E-state index is 0. The van der Waals surface area contributed by atoms with Crippen LogP contribution >= 0.6 is 11.3 Å². The first kappa shape index (κ1) is 41.7. The number of fused-ring (bicyclic) bond motifs is 8. The summed E-state index contributed by atoms with van der Waals surface area (Å²) < 4.78 is 3.46. The van der Waals surface area contributed by atoms with Crippen molar-refractivity contribution in [2.24, 2.45) is 11.8 Å². The van der Waals surface area contributed by atoms with Gasteiger partial charge in [0.1, 0.15) is 28.0 Å². The van der Waals surface area contributed by atoms with Gasteiger partial charge in [0.15, 0.2) is 5.78 Å². The van der Waals surface area contributed by atoms with Crippen LogP contribution in [0.4, 0.5) is 0 Å². The molecule has 1 aliphatic rings. The van der Waals surface area contributed by atoms with Crippen molar-refractivity contribution in [3.05, 3.63) is 90.2 Å². The summed E-state index contributed by atoms with van der Waals surface area (Å²) in [4.78, 5) is 27.8. The predicted octanol–water partition coefficient (Wildman–Crippen LogP) is 11.6. The van der Waals surface area contributed by atoms with E-state index in [2.05, 4.69) is 113 Å². The Balaban J connectivity index is 0.000000301. The van der Waals surface area contributed by atoms with Crippen molar-refractivity contribution in [3.63, 3.8) is 0 Å². The van der Waals surface area contributed by atoms with Gasteiger partial charge in [0.05, 0.1) is 19.5 Å². The Morgan fingerprint density at radius 3 is 2.17 bits per heavy atom. The summed E-state index contributed by atoms with van der Waals surface area (Å²) in [5.74, 6) is 1.65. The van der Waals surface area contributed by atoms with Gasteiger partial charge in [-0.05, 0) is 37.3 Å². The molecule has 6 nitrogen and oxygen atoms in total. The Bertz CT molecular complexity index is 2340. The molecular formula is C45H55IrN4O2SSi-. The van der Waals surface area contributed by atoms with Gasteiger partial charge in [-0.25, -0.2) is 9.97 Å². The van der Waals surface area contributed by atoms with Crippen LogP contribution in [0.2, 0.25) is 19.6 Å². The van der Waals surface area contributed by atoms with Crippen molar-refractivity contribution in [3.8, 4) is 16.9 Å². The van der Waals surface area contributed by atoms with E-state index in [4.69, 9.17) is 15.0 Å². The fourth-order valence-electron chi connectivity index (χ4n) is 7.80. The number of ketones is 1. The maximum Gasteiger partial charge on any atom is 0.162 e. The van der Waals surface area contributed by atoms with E-state index in [1.165, 1.54) is 27.9 Å². The molecule has 0 saturated heterocycles. The molecule has 1 N–H and O–H groups in total. The van der Waals surface area contributed by atoms with E-state index in [0.717, 1.165) is 68.7 Å². The molecule has 7 rings (SSSR count). The number of benzene rings is 3. The van der Waals surface area contributed by atoms with Crippen LogP contribution in [0.25, 0.3) is 48.3 Å². The quantitative estimate of drug-likeness (QED) is 0.0676. The van der Waals surface area contributed by atoms with Crippen molar-refractivity contribution >= 4 is 61.7 Å². The molecule has 0 bridgehead atoms. The fraction of sp³-hybridized carbons (Fsp3) is 0.422. The SMILES string of the molecule is CC1(C)c2ccccc2-n2c(nc3c4ncnc(-c5[c-]c6ccccc6c([Si](C)(C)C)c5)c4sc32)C1(C)C.CCC(CC)C(=O)/C=C(\O)C(CC)CC.[Ir]. The molecule has 1 radical (unpaired) electrons. The summed E-state index contributed by atoms with van der Waals surface area (Å²) in [6.07, 6.45) is 6.60. The zero-order valence-corrected chi connectivity index (χ0v) is 37.9. The molecule has 1 aliphatic heterocycles. The van der Waals surface area contributed by atoms with Gasteiger partial charge in [-0.2, -0.15) is 0 Å². The molecule has 0 amide bonds. The van der Waals surface area contributed by atoms with Gasteiger partial charge in [-0.3, -0.25) is 14.3 Å². The summed E-state index contributed by atoms with van der Waals surface area (Å²) in [6.45, 7) is 24.6. The number of carbonyl (C=O) groups is 1.